The summed E-state index contributed by atoms with van der Waals surface area (Å²) < 4.78 is 0. The first-order chi connectivity index (χ1) is 5.77. The van der Waals surface area contributed by atoms with Crippen molar-refractivity contribution < 1.29 is 0 Å². The van der Waals surface area contributed by atoms with Crippen molar-refractivity contribution in [2.45, 2.75) is 16.7 Å². The van der Waals surface area contributed by atoms with Gasteiger partial charge in [0.25, 0.3) is 0 Å². The summed E-state index contributed by atoms with van der Waals surface area (Å²) in [6, 6.07) is 8.38. The molecule has 0 fully saturated rings. The lowest BCUT2D eigenvalue weighted by atomic mass is 10.4. The van der Waals surface area contributed by atoms with Gasteiger partial charge in [-0.15, -0.1) is 11.8 Å². The molecule has 0 bridgehead atoms. The van der Waals surface area contributed by atoms with Crippen molar-refractivity contribution in [3.63, 3.8) is 0 Å². The Morgan fingerprint density at radius 1 is 1.33 bits per heavy atom. The van der Waals surface area contributed by atoms with Crippen LogP contribution in [0.15, 0.2) is 34.1 Å². The van der Waals surface area contributed by atoms with Gasteiger partial charge >= 0.3 is 0 Å². The van der Waals surface area contributed by atoms with Gasteiger partial charge in [-0.05, 0) is 53.5 Å². The molecule has 0 saturated carbocycles. The third-order valence-corrected chi connectivity index (χ3v) is 4.44. The van der Waals surface area contributed by atoms with Gasteiger partial charge in [0.2, 0.25) is 0 Å². The van der Waals surface area contributed by atoms with Gasteiger partial charge in [-0.25, -0.2) is 0 Å². The summed E-state index contributed by atoms with van der Waals surface area (Å²) in [4.78, 5) is 2.47. The minimum atomic E-state index is -0.213. The van der Waals surface area contributed by atoms with Crippen LogP contribution in [0.5, 0.6) is 0 Å². The van der Waals surface area contributed by atoms with Crippen molar-refractivity contribution in [3.05, 3.63) is 24.3 Å². The van der Waals surface area contributed by atoms with E-state index in [1.54, 1.807) is 11.8 Å². The monoisotopic (exact) mass is 218 g/mol. The maximum atomic E-state index is 6.05. The Balaban J connectivity index is 2.92. The van der Waals surface area contributed by atoms with Gasteiger partial charge in [-0.2, -0.15) is 0 Å². The molecular formula is C9H11ClS2. The molecule has 0 aliphatic heterocycles. The van der Waals surface area contributed by atoms with E-state index in [2.05, 4.69) is 30.5 Å². The third-order valence-electron chi connectivity index (χ3n) is 1.49. The van der Waals surface area contributed by atoms with Gasteiger partial charge in [0.15, 0.2) is 0 Å². The van der Waals surface area contributed by atoms with E-state index in [4.69, 9.17) is 10.7 Å². The van der Waals surface area contributed by atoms with E-state index in [1.165, 1.54) is 9.79 Å². The molecule has 1 aromatic rings. The van der Waals surface area contributed by atoms with Crippen molar-refractivity contribution in [1.82, 2.24) is 0 Å². The highest BCUT2D eigenvalue weighted by molar-refractivity contribution is 8.34. The van der Waals surface area contributed by atoms with Crippen LogP contribution in [0.3, 0.4) is 0 Å². The van der Waals surface area contributed by atoms with Gasteiger partial charge in [-0.1, -0.05) is 9.70 Å². The number of rotatable bonds is 2. The fourth-order valence-electron chi connectivity index (χ4n) is 0.842. The molecular weight excluding hydrogens is 208 g/mol. The van der Waals surface area contributed by atoms with E-state index < -0.39 is 0 Å². The zero-order valence-electron chi connectivity index (χ0n) is 7.08. The first kappa shape index (κ1) is 10.2. The van der Waals surface area contributed by atoms with Gasteiger partial charge in [-0.3, -0.25) is 0 Å². The lowest BCUT2D eigenvalue weighted by Crippen LogP contribution is -1.72. The van der Waals surface area contributed by atoms with Crippen LogP contribution >= 0.6 is 32.1 Å². The second-order valence-corrected chi connectivity index (χ2v) is 5.58. The maximum Gasteiger partial charge on any atom is 0.0162 e. The van der Waals surface area contributed by atoms with Crippen LogP contribution in [0.4, 0.5) is 0 Å². The molecule has 0 saturated heterocycles. The topological polar surface area (TPSA) is 0 Å². The summed E-state index contributed by atoms with van der Waals surface area (Å²) in [7, 11) is 5.84. The van der Waals surface area contributed by atoms with Crippen LogP contribution in [0, 0.1) is 0 Å². The molecule has 0 nitrogen and oxygen atoms in total. The molecule has 0 N–H and O–H groups in total. The number of hydrogen-bond acceptors (Lipinski definition) is 1. The number of thioether (sulfide) groups is 1. The van der Waals surface area contributed by atoms with Gasteiger partial charge < -0.3 is 0 Å². The fourth-order valence-corrected chi connectivity index (χ4v) is 2.23. The van der Waals surface area contributed by atoms with E-state index in [0.717, 1.165) is 0 Å². The first-order valence-corrected chi connectivity index (χ1v) is 6.94. The van der Waals surface area contributed by atoms with Crippen LogP contribution in [0.2, 0.25) is 0 Å². The Kier molecular flexibility index (Phi) is 4.19. The summed E-state index contributed by atoms with van der Waals surface area (Å²) >= 11 is 1.75. The van der Waals surface area contributed by atoms with Crippen LogP contribution < -0.4 is 0 Å². The molecule has 0 radical (unpaired) electrons. The Morgan fingerprint density at radius 2 is 1.92 bits per heavy atom. The van der Waals surface area contributed by atoms with E-state index >= 15 is 0 Å². The van der Waals surface area contributed by atoms with E-state index in [0.29, 0.717) is 0 Å². The normalized spacial score (nSPS) is 13.2. The van der Waals surface area contributed by atoms with Crippen LogP contribution in [0.25, 0.3) is 0 Å². The molecule has 0 heterocycles. The number of benzene rings is 1. The molecule has 0 aliphatic carbocycles. The summed E-state index contributed by atoms with van der Waals surface area (Å²) in [5.41, 5.74) is 0. The van der Waals surface area contributed by atoms with Crippen molar-refractivity contribution in [2.24, 2.45) is 0 Å². The van der Waals surface area contributed by atoms with Crippen molar-refractivity contribution in [1.29, 1.82) is 0 Å². The van der Waals surface area contributed by atoms with Crippen LogP contribution in [-0.4, -0.2) is 11.6 Å². The molecule has 1 aromatic carbocycles. The molecule has 12 heavy (non-hydrogen) atoms. The maximum absolute atomic E-state index is 6.05. The van der Waals surface area contributed by atoms with Gasteiger partial charge in [0, 0.05) is 9.79 Å². The lowest BCUT2D eigenvalue weighted by molar-refractivity contribution is 1.36. The minimum Gasteiger partial charge on any atom is -0.130 e. The summed E-state index contributed by atoms with van der Waals surface area (Å²) in [6.45, 7) is 1.98. The minimum absolute atomic E-state index is 0.213. The van der Waals surface area contributed by atoms with Crippen molar-refractivity contribution >= 4 is 37.5 Å². The molecule has 1 atom stereocenters. The molecule has 0 aromatic heterocycles. The average molecular weight is 219 g/mol. The Hall–Kier alpha value is 0.0800. The van der Waals surface area contributed by atoms with E-state index in [1.807, 2.05) is 12.3 Å². The lowest BCUT2D eigenvalue weighted by Gasteiger charge is -2.00. The highest BCUT2D eigenvalue weighted by Crippen LogP contribution is 2.31. The van der Waals surface area contributed by atoms with Crippen LogP contribution in [0.1, 0.15) is 6.92 Å². The van der Waals surface area contributed by atoms with E-state index in [-0.39, 0.29) is 9.70 Å². The fraction of sp³-hybridized carbons (Fsp3) is 0.222. The van der Waals surface area contributed by atoms with Crippen LogP contribution in [-0.2, 0) is 0 Å². The standard InChI is InChI=1S/C9H11ClS2/c1-3-12(10)9-6-4-8(11-2)5-7-9/h3-7H,1-2H3. The second kappa shape index (κ2) is 4.95. The predicted octanol–water partition coefficient (Wildman–Crippen LogP) is 4.01. The molecule has 3 heteroatoms. The highest BCUT2D eigenvalue weighted by atomic mass is 35.7. The Labute approximate surface area is 84.8 Å². The van der Waals surface area contributed by atoms with Gasteiger partial charge in [0.05, 0.1) is 0 Å². The average Bonchev–Trinajstić information content (AvgIpc) is 2.17. The zero-order valence-corrected chi connectivity index (χ0v) is 9.47. The summed E-state index contributed by atoms with van der Waals surface area (Å²) in [6.07, 6.45) is 2.07. The Bertz CT molecular complexity index is 277. The largest absolute Gasteiger partial charge is 0.130 e. The predicted molar refractivity (Wildman–Crippen MR) is 61.7 cm³/mol. The van der Waals surface area contributed by atoms with Crippen molar-refractivity contribution in [2.75, 3.05) is 6.26 Å². The first-order valence-electron chi connectivity index (χ1n) is 3.61. The third kappa shape index (κ3) is 2.54. The number of halogens is 1. The highest BCUT2D eigenvalue weighted by Gasteiger charge is 1.94. The molecule has 0 aliphatic rings. The number of hydrogen-bond donors (Lipinski definition) is 0. The smallest absolute Gasteiger partial charge is 0.0162 e. The molecule has 0 amide bonds. The van der Waals surface area contributed by atoms with Gasteiger partial charge in [0.1, 0.15) is 0 Å². The second-order valence-electron chi connectivity index (χ2n) is 2.20. The molecule has 1 rings (SSSR count). The molecule has 1 unspecified atom stereocenters. The quantitative estimate of drug-likeness (QED) is 0.534. The molecule has 66 valence electrons. The molecule has 0 spiro atoms. The summed E-state index contributed by atoms with van der Waals surface area (Å²) in [5.74, 6) is 0. The van der Waals surface area contributed by atoms with Crippen molar-refractivity contribution in [3.8, 4) is 0 Å². The zero-order chi connectivity index (χ0) is 8.97. The summed E-state index contributed by atoms with van der Waals surface area (Å²) in [5, 5.41) is 2.01. The Morgan fingerprint density at radius 3 is 2.33 bits per heavy atom. The van der Waals surface area contributed by atoms with E-state index in [9.17, 15) is 0 Å². The SMILES string of the molecule is C/C=S(\Cl)c1ccc(SC)cc1.